The monoisotopic (exact) mass is 362 g/mol. The lowest BCUT2D eigenvalue weighted by atomic mass is 10.0. The van der Waals surface area contributed by atoms with Crippen LogP contribution in [0.1, 0.15) is 23.2 Å². The third-order valence-electron chi connectivity index (χ3n) is 4.40. The van der Waals surface area contributed by atoms with Gasteiger partial charge in [-0.2, -0.15) is 0 Å². The quantitative estimate of drug-likeness (QED) is 0.890. The van der Waals surface area contributed by atoms with Gasteiger partial charge in [-0.1, -0.05) is 11.6 Å². The van der Waals surface area contributed by atoms with Gasteiger partial charge in [0.15, 0.2) is 0 Å². The van der Waals surface area contributed by atoms with Crippen LogP contribution in [0.5, 0.6) is 11.5 Å². The van der Waals surface area contributed by atoms with Crippen molar-refractivity contribution in [3.05, 3.63) is 58.9 Å². The molecule has 0 aliphatic carbocycles. The summed E-state index contributed by atoms with van der Waals surface area (Å²) in [4.78, 5) is 14.7. The first-order valence-corrected chi connectivity index (χ1v) is 8.64. The first kappa shape index (κ1) is 17.7. The van der Waals surface area contributed by atoms with Crippen molar-refractivity contribution in [2.45, 2.75) is 18.9 Å². The van der Waals surface area contributed by atoms with Crippen LogP contribution in [0.2, 0.25) is 5.02 Å². The first-order chi connectivity index (χ1) is 12.1. The average molecular weight is 363 g/mol. The van der Waals surface area contributed by atoms with Crippen molar-refractivity contribution in [1.29, 1.82) is 0 Å². The van der Waals surface area contributed by atoms with Gasteiger partial charge in [0.25, 0.3) is 5.91 Å². The second-order valence-electron chi connectivity index (χ2n) is 6.05. The minimum absolute atomic E-state index is 0.103. The van der Waals surface area contributed by atoms with Crippen LogP contribution in [0, 0.1) is 5.82 Å². The molecule has 0 aromatic heterocycles. The largest absolute Gasteiger partial charge is 0.457 e. The normalized spacial score (nSPS) is 15.2. The average Bonchev–Trinajstić information content (AvgIpc) is 2.64. The number of likely N-dealkylation sites (tertiary alicyclic amines) is 1. The summed E-state index contributed by atoms with van der Waals surface area (Å²) in [5.41, 5.74) is 0.416. The van der Waals surface area contributed by atoms with Crippen LogP contribution in [0.25, 0.3) is 0 Å². The molecule has 4 nitrogen and oxygen atoms in total. The number of carbonyl (C=O) groups excluding carboxylic acids is 1. The van der Waals surface area contributed by atoms with Gasteiger partial charge < -0.3 is 15.0 Å². The van der Waals surface area contributed by atoms with Gasteiger partial charge >= 0.3 is 0 Å². The van der Waals surface area contributed by atoms with Crippen molar-refractivity contribution >= 4 is 17.5 Å². The molecule has 0 spiro atoms. The molecule has 6 heteroatoms. The summed E-state index contributed by atoms with van der Waals surface area (Å²) in [5.74, 6) is 0.435. The maximum Gasteiger partial charge on any atom is 0.257 e. The summed E-state index contributed by atoms with van der Waals surface area (Å²) in [7, 11) is 1.94. The fraction of sp³-hybridized carbons (Fsp3) is 0.316. The second-order valence-corrected chi connectivity index (χ2v) is 6.49. The number of amides is 1. The number of hydrogen-bond acceptors (Lipinski definition) is 3. The van der Waals surface area contributed by atoms with E-state index in [0.717, 1.165) is 12.8 Å². The first-order valence-electron chi connectivity index (χ1n) is 8.26. The predicted molar refractivity (Wildman–Crippen MR) is 95.9 cm³/mol. The SMILES string of the molecule is CNC1CCN(C(=O)c2cc(Cl)ccc2Oc2ccc(F)cc2)CC1. The Morgan fingerprint density at radius 1 is 1.20 bits per heavy atom. The van der Waals surface area contributed by atoms with E-state index >= 15 is 0 Å². The van der Waals surface area contributed by atoms with Gasteiger partial charge in [0.1, 0.15) is 17.3 Å². The summed E-state index contributed by atoms with van der Waals surface area (Å²) in [5, 5.41) is 3.72. The molecule has 0 saturated carbocycles. The Labute approximate surface area is 151 Å². The number of halogens is 2. The van der Waals surface area contributed by atoms with Crippen molar-refractivity contribution in [2.24, 2.45) is 0 Å². The lowest BCUT2D eigenvalue weighted by Crippen LogP contribution is -2.44. The van der Waals surface area contributed by atoms with Crippen LogP contribution in [-0.2, 0) is 0 Å². The summed E-state index contributed by atoms with van der Waals surface area (Å²) < 4.78 is 18.8. The van der Waals surface area contributed by atoms with E-state index in [-0.39, 0.29) is 11.7 Å². The standard InChI is InChI=1S/C19H20ClFN2O2/c1-22-15-8-10-23(11-9-15)19(24)17-12-13(20)2-7-18(17)25-16-5-3-14(21)4-6-16/h2-7,12,15,22H,8-11H2,1H3. The molecule has 3 rings (SSSR count). The third-order valence-corrected chi connectivity index (χ3v) is 4.64. The maximum atomic E-state index is 13.1. The Kier molecular flexibility index (Phi) is 5.56. The van der Waals surface area contributed by atoms with Crippen molar-refractivity contribution in [1.82, 2.24) is 10.2 Å². The highest BCUT2D eigenvalue weighted by atomic mass is 35.5. The minimum Gasteiger partial charge on any atom is -0.457 e. The summed E-state index contributed by atoms with van der Waals surface area (Å²) in [6, 6.07) is 11.1. The highest BCUT2D eigenvalue weighted by molar-refractivity contribution is 6.31. The molecular weight excluding hydrogens is 343 g/mol. The van der Waals surface area contributed by atoms with Gasteiger partial charge in [0, 0.05) is 24.2 Å². The Balaban J connectivity index is 1.81. The molecule has 2 aromatic carbocycles. The molecule has 1 heterocycles. The molecule has 1 aliphatic rings. The van der Waals surface area contributed by atoms with Crippen molar-refractivity contribution < 1.29 is 13.9 Å². The van der Waals surface area contributed by atoms with Crippen LogP contribution < -0.4 is 10.1 Å². The smallest absolute Gasteiger partial charge is 0.257 e. The topological polar surface area (TPSA) is 41.6 Å². The van der Waals surface area contributed by atoms with Gasteiger partial charge in [-0.25, -0.2) is 4.39 Å². The molecule has 0 unspecified atom stereocenters. The van der Waals surface area contributed by atoms with Gasteiger partial charge in [0.05, 0.1) is 5.56 Å². The number of carbonyl (C=O) groups is 1. The van der Waals surface area contributed by atoms with E-state index in [1.54, 1.807) is 18.2 Å². The number of hydrogen-bond donors (Lipinski definition) is 1. The summed E-state index contributed by atoms with van der Waals surface area (Å²) >= 11 is 6.08. The maximum absolute atomic E-state index is 13.1. The molecule has 2 aromatic rings. The molecular formula is C19H20ClFN2O2. The van der Waals surface area contributed by atoms with Crippen molar-refractivity contribution in [3.63, 3.8) is 0 Å². The molecule has 1 amide bonds. The van der Waals surface area contributed by atoms with E-state index in [0.29, 0.717) is 41.2 Å². The second kappa shape index (κ2) is 7.85. The zero-order chi connectivity index (χ0) is 17.8. The molecule has 0 radical (unpaired) electrons. The van der Waals surface area contributed by atoms with E-state index in [9.17, 15) is 9.18 Å². The Morgan fingerprint density at radius 3 is 2.52 bits per heavy atom. The van der Waals surface area contributed by atoms with E-state index in [1.807, 2.05) is 11.9 Å². The molecule has 0 bridgehead atoms. The molecule has 0 atom stereocenters. The molecule has 1 N–H and O–H groups in total. The van der Waals surface area contributed by atoms with Crippen LogP contribution in [0.15, 0.2) is 42.5 Å². The Morgan fingerprint density at radius 2 is 1.88 bits per heavy atom. The van der Waals surface area contributed by atoms with Crippen LogP contribution in [0.4, 0.5) is 4.39 Å². The van der Waals surface area contributed by atoms with Crippen LogP contribution in [0.3, 0.4) is 0 Å². The third kappa shape index (κ3) is 4.30. The highest BCUT2D eigenvalue weighted by Crippen LogP contribution is 2.29. The molecule has 1 aliphatic heterocycles. The molecule has 132 valence electrons. The number of benzene rings is 2. The number of piperidine rings is 1. The predicted octanol–water partition coefficient (Wildman–Crippen LogP) is 4.10. The molecule has 25 heavy (non-hydrogen) atoms. The number of nitrogens with zero attached hydrogens (tertiary/aromatic N) is 1. The summed E-state index contributed by atoms with van der Waals surface area (Å²) in [6.45, 7) is 1.37. The molecule has 1 saturated heterocycles. The Hall–Kier alpha value is -2.11. The fourth-order valence-electron chi connectivity index (χ4n) is 2.93. The minimum atomic E-state index is -0.341. The van der Waals surface area contributed by atoms with E-state index in [2.05, 4.69) is 5.32 Å². The summed E-state index contributed by atoms with van der Waals surface area (Å²) in [6.07, 6.45) is 1.83. The van der Waals surface area contributed by atoms with E-state index in [1.165, 1.54) is 24.3 Å². The number of rotatable bonds is 4. The van der Waals surface area contributed by atoms with Crippen LogP contribution >= 0.6 is 11.6 Å². The van der Waals surface area contributed by atoms with Crippen molar-refractivity contribution in [2.75, 3.05) is 20.1 Å². The van der Waals surface area contributed by atoms with Gasteiger partial charge in [-0.3, -0.25) is 4.79 Å². The van der Waals surface area contributed by atoms with Gasteiger partial charge in [-0.05, 0) is 62.4 Å². The Bertz CT molecular complexity index is 744. The lowest BCUT2D eigenvalue weighted by molar-refractivity contribution is 0.0704. The van der Waals surface area contributed by atoms with E-state index < -0.39 is 0 Å². The van der Waals surface area contributed by atoms with Gasteiger partial charge in [-0.15, -0.1) is 0 Å². The zero-order valence-electron chi connectivity index (χ0n) is 14.0. The van der Waals surface area contributed by atoms with E-state index in [4.69, 9.17) is 16.3 Å². The molecule has 1 fully saturated rings. The highest BCUT2D eigenvalue weighted by Gasteiger charge is 2.25. The van der Waals surface area contributed by atoms with Gasteiger partial charge in [0.2, 0.25) is 0 Å². The number of nitrogens with one attached hydrogen (secondary N) is 1. The lowest BCUT2D eigenvalue weighted by Gasteiger charge is -2.32. The van der Waals surface area contributed by atoms with Crippen LogP contribution in [-0.4, -0.2) is 37.0 Å². The number of ether oxygens (including phenoxy) is 1. The fourth-order valence-corrected chi connectivity index (χ4v) is 3.10. The zero-order valence-corrected chi connectivity index (χ0v) is 14.7. The van der Waals surface area contributed by atoms with Crippen molar-refractivity contribution in [3.8, 4) is 11.5 Å².